The summed E-state index contributed by atoms with van der Waals surface area (Å²) in [6, 6.07) is 12.3. The van der Waals surface area contributed by atoms with Gasteiger partial charge in [-0.25, -0.2) is 0 Å². The zero-order valence-corrected chi connectivity index (χ0v) is 12.2. The highest BCUT2D eigenvalue weighted by Crippen LogP contribution is 2.41. The lowest BCUT2D eigenvalue weighted by atomic mass is 10.2. The molecule has 0 unspecified atom stereocenters. The molecule has 0 aliphatic carbocycles. The van der Waals surface area contributed by atoms with Gasteiger partial charge in [0.1, 0.15) is 6.61 Å². The Labute approximate surface area is 129 Å². The van der Waals surface area contributed by atoms with E-state index in [-0.39, 0.29) is 6.61 Å². The fourth-order valence-corrected chi connectivity index (χ4v) is 1.87. The monoisotopic (exact) mass is 296 g/mol. The number of methoxy groups -OCH3 is 1. The number of anilines is 1. The Morgan fingerprint density at radius 1 is 1.23 bits per heavy atom. The van der Waals surface area contributed by atoms with E-state index >= 15 is 0 Å². The molecule has 0 saturated heterocycles. The molecule has 0 saturated carbocycles. The third kappa shape index (κ3) is 3.30. The molecule has 2 rings (SSSR count). The maximum absolute atomic E-state index is 9.03. The Morgan fingerprint density at radius 3 is 2.59 bits per heavy atom. The molecular weight excluding hydrogens is 280 g/mol. The Bertz CT molecular complexity index is 720. The van der Waals surface area contributed by atoms with E-state index in [1.54, 1.807) is 31.4 Å². The summed E-state index contributed by atoms with van der Waals surface area (Å²) in [6.07, 6.45) is 1.60. The van der Waals surface area contributed by atoms with Crippen LogP contribution in [0.4, 0.5) is 5.69 Å². The minimum Gasteiger partial charge on any atom is -0.493 e. The molecule has 0 radical (unpaired) electrons. The number of nitrogen functional groups attached to an aromatic ring is 1. The van der Waals surface area contributed by atoms with Gasteiger partial charge >= 0.3 is 0 Å². The van der Waals surface area contributed by atoms with E-state index < -0.39 is 0 Å². The van der Waals surface area contributed by atoms with Crippen molar-refractivity contribution in [3.8, 4) is 29.1 Å². The molecule has 112 valence electrons. The maximum atomic E-state index is 9.03. The quantitative estimate of drug-likeness (QED) is 0.652. The van der Waals surface area contributed by atoms with Gasteiger partial charge < -0.3 is 19.9 Å². The van der Waals surface area contributed by atoms with Crippen LogP contribution in [0.5, 0.6) is 23.0 Å². The minimum absolute atomic E-state index is 0.274. The zero-order valence-electron chi connectivity index (χ0n) is 12.2. The first-order valence-corrected chi connectivity index (χ1v) is 6.57. The van der Waals surface area contributed by atoms with Gasteiger partial charge in [-0.15, -0.1) is 0 Å². The van der Waals surface area contributed by atoms with Crippen LogP contribution < -0.4 is 19.9 Å². The molecule has 0 spiro atoms. The predicted molar refractivity (Wildman–Crippen MR) is 84.3 cm³/mol. The van der Waals surface area contributed by atoms with Crippen molar-refractivity contribution in [2.75, 3.05) is 19.5 Å². The van der Waals surface area contributed by atoms with E-state index in [9.17, 15) is 0 Å². The third-order valence-corrected chi connectivity index (χ3v) is 2.85. The van der Waals surface area contributed by atoms with Crippen molar-refractivity contribution in [1.29, 1.82) is 5.26 Å². The molecule has 2 N–H and O–H groups in total. The molecule has 2 aromatic rings. The van der Waals surface area contributed by atoms with Crippen molar-refractivity contribution in [3.63, 3.8) is 0 Å². The normalized spacial score (nSPS) is 9.64. The maximum Gasteiger partial charge on any atom is 0.192 e. The number of para-hydroxylation sites is 2. The fraction of sp³-hybridized carbons (Fsp3) is 0.118. The minimum atomic E-state index is 0.274. The summed E-state index contributed by atoms with van der Waals surface area (Å²) >= 11 is 0. The van der Waals surface area contributed by atoms with Crippen LogP contribution in [-0.2, 0) is 0 Å². The van der Waals surface area contributed by atoms with Gasteiger partial charge in [0.2, 0.25) is 0 Å². The van der Waals surface area contributed by atoms with Gasteiger partial charge in [-0.3, -0.25) is 0 Å². The molecule has 0 aliphatic rings. The van der Waals surface area contributed by atoms with Gasteiger partial charge in [-0.1, -0.05) is 24.8 Å². The van der Waals surface area contributed by atoms with Crippen molar-refractivity contribution in [2.24, 2.45) is 0 Å². The fourth-order valence-electron chi connectivity index (χ4n) is 1.87. The van der Waals surface area contributed by atoms with Crippen LogP contribution in [0, 0.1) is 11.3 Å². The van der Waals surface area contributed by atoms with Crippen molar-refractivity contribution in [1.82, 2.24) is 0 Å². The molecule has 22 heavy (non-hydrogen) atoms. The molecule has 0 amide bonds. The second-order valence-electron chi connectivity index (χ2n) is 4.36. The van der Waals surface area contributed by atoms with E-state index in [4.69, 9.17) is 25.2 Å². The summed E-state index contributed by atoms with van der Waals surface area (Å²) in [4.78, 5) is 0. The van der Waals surface area contributed by atoms with Gasteiger partial charge in [-0.05, 0) is 18.2 Å². The number of benzene rings is 2. The Balaban J connectivity index is 2.44. The summed E-state index contributed by atoms with van der Waals surface area (Å²) in [5.41, 5.74) is 6.69. The van der Waals surface area contributed by atoms with Gasteiger partial charge in [-0.2, -0.15) is 5.26 Å². The molecular formula is C17H16N2O3. The number of hydrogen-bond acceptors (Lipinski definition) is 5. The van der Waals surface area contributed by atoms with E-state index in [2.05, 4.69) is 6.58 Å². The zero-order chi connectivity index (χ0) is 15.9. The van der Waals surface area contributed by atoms with Gasteiger partial charge in [0, 0.05) is 6.07 Å². The van der Waals surface area contributed by atoms with E-state index in [1.807, 2.05) is 18.2 Å². The van der Waals surface area contributed by atoms with E-state index in [1.165, 1.54) is 6.07 Å². The summed E-state index contributed by atoms with van der Waals surface area (Å²) in [5.74, 6) is 1.79. The summed E-state index contributed by atoms with van der Waals surface area (Å²) in [5, 5.41) is 9.03. The molecule has 2 aromatic carbocycles. The molecule has 0 fully saturated rings. The first-order valence-electron chi connectivity index (χ1n) is 6.57. The number of ether oxygens (including phenoxy) is 3. The van der Waals surface area contributed by atoms with Gasteiger partial charge in [0.25, 0.3) is 0 Å². The Kier molecular flexibility index (Phi) is 4.89. The second kappa shape index (κ2) is 7.04. The molecule has 0 bridgehead atoms. The highest BCUT2D eigenvalue weighted by molar-refractivity contribution is 5.65. The Hall–Kier alpha value is -3.13. The standard InChI is InChI=1S/C17H16N2O3/c1-3-8-21-16-10-12(11-18)9-13(19)17(16)22-15-7-5-4-6-14(15)20-2/h3-7,9-10H,1,8,19H2,2H3. The summed E-state index contributed by atoms with van der Waals surface area (Å²) in [7, 11) is 1.56. The molecule has 0 aliphatic heterocycles. The molecule has 0 aromatic heterocycles. The highest BCUT2D eigenvalue weighted by atomic mass is 16.5. The van der Waals surface area contributed by atoms with Crippen LogP contribution in [0.2, 0.25) is 0 Å². The first-order chi connectivity index (χ1) is 10.7. The molecule has 0 heterocycles. The molecule has 0 atom stereocenters. The van der Waals surface area contributed by atoms with Crippen LogP contribution in [0.3, 0.4) is 0 Å². The average molecular weight is 296 g/mol. The predicted octanol–water partition coefficient (Wildman–Crippen LogP) is 3.51. The number of hydrogen-bond donors (Lipinski definition) is 1. The smallest absolute Gasteiger partial charge is 0.192 e. The number of nitrogens with zero attached hydrogens (tertiary/aromatic N) is 1. The summed E-state index contributed by atoms with van der Waals surface area (Å²) in [6.45, 7) is 3.87. The van der Waals surface area contributed by atoms with Crippen LogP contribution in [0.15, 0.2) is 49.1 Å². The lowest BCUT2D eigenvalue weighted by Gasteiger charge is -2.15. The molecule has 5 nitrogen and oxygen atoms in total. The topological polar surface area (TPSA) is 77.5 Å². The largest absolute Gasteiger partial charge is 0.493 e. The van der Waals surface area contributed by atoms with Crippen molar-refractivity contribution in [3.05, 3.63) is 54.6 Å². The summed E-state index contributed by atoms with van der Waals surface area (Å²) < 4.78 is 16.6. The highest BCUT2D eigenvalue weighted by Gasteiger charge is 2.15. The molecule has 5 heteroatoms. The SMILES string of the molecule is C=CCOc1cc(C#N)cc(N)c1Oc1ccccc1OC. The van der Waals surface area contributed by atoms with E-state index in [0.717, 1.165) is 0 Å². The van der Waals surface area contributed by atoms with Gasteiger partial charge in [0.05, 0.1) is 24.4 Å². The average Bonchev–Trinajstić information content (AvgIpc) is 2.55. The van der Waals surface area contributed by atoms with Crippen molar-refractivity contribution >= 4 is 5.69 Å². The van der Waals surface area contributed by atoms with E-state index in [0.29, 0.717) is 34.2 Å². The Morgan fingerprint density at radius 2 is 1.95 bits per heavy atom. The number of nitrogens with two attached hydrogens (primary N) is 1. The van der Waals surface area contributed by atoms with Crippen molar-refractivity contribution in [2.45, 2.75) is 0 Å². The van der Waals surface area contributed by atoms with Gasteiger partial charge in [0.15, 0.2) is 23.0 Å². The number of rotatable bonds is 6. The number of nitriles is 1. The van der Waals surface area contributed by atoms with Crippen LogP contribution in [0.25, 0.3) is 0 Å². The van der Waals surface area contributed by atoms with Crippen LogP contribution >= 0.6 is 0 Å². The van der Waals surface area contributed by atoms with Crippen LogP contribution in [0.1, 0.15) is 5.56 Å². The van der Waals surface area contributed by atoms with Crippen molar-refractivity contribution < 1.29 is 14.2 Å². The van der Waals surface area contributed by atoms with Crippen LogP contribution in [-0.4, -0.2) is 13.7 Å². The lowest BCUT2D eigenvalue weighted by molar-refractivity contribution is 0.333. The lowest BCUT2D eigenvalue weighted by Crippen LogP contribution is -2.01. The first kappa shape index (κ1) is 15.3. The third-order valence-electron chi connectivity index (χ3n) is 2.85. The second-order valence-corrected chi connectivity index (χ2v) is 4.36.